The summed E-state index contributed by atoms with van der Waals surface area (Å²) in [7, 11) is 0. The SMILES string of the molecule is C[C@@H]1CCC[C@H](C)N1C(=O)C1(C(N)=NO)CCCCC1. The summed E-state index contributed by atoms with van der Waals surface area (Å²) in [6, 6.07) is 0.494. The largest absolute Gasteiger partial charge is 0.409 e. The third kappa shape index (κ3) is 2.50. The predicted molar refractivity (Wildman–Crippen MR) is 78.5 cm³/mol. The predicted octanol–water partition coefficient (Wildman–Crippen LogP) is 2.47. The minimum Gasteiger partial charge on any atom is -0.409 e. The van der Waals surface area contributed by atoms with E-state index in [-0.39, 0.29) is 23.8 Å². The van der Waals surface area contributed by atoms with Gasteiger partial charge in [0.2, 0.25) is 5.91 Å². The normalized spacial score (nSPS) is 31.1. The van der Waals surface area contributed by atoms with Crippen molar-refractivity contribution in [3.8, 4) is 0 Å². The highest BCUT2D eigenvalue weighted by Crippen LogP contribution is 2.40. The van der Waals surface area contributed by atoms with Gasteiger partial charge in [-0.05, 0) is 46.0 Å². The monoisotopic (exact) mass is 281 g/mol. The number of amidine groups is 1. The van der Waals surface area contributed by atoms with Gasteiger partial charge in [-0.3, -0.25) is 4.79 Å². The molecule has 2 rings (SSSR count). The van der Waals surface area contributed by atoms with Crippen molar-refractivity contribution in [2.45, 2.75) is 77.3 Å². The third-order valence-electron chi connectivity index (χ3n) is 5.14. The number of hydrogen-bond donors (Lipinski definition) is 2. The van der Waals surface area contributed by atoms with E-state index < -0.39 is 5.41 Å². The lowest BCUT2D eigenvalue weighted by Gasteiger charge is -2.45. The molecule has 0 bridgehead atoms. The molecule has 0 aromatic heterocycles. The van der Waals surface area contributed by atoms with Gasteiger partial charge in [-0.25, -0.2) is 0 Å². The van der Waals surface area contributed by atoms with Crippen LogP contribution in [0.5, 0.6) is 0 Å². The molecule has 114 valence electrons. The minimum atomic E-state index is -0.771. The second-order valence-electron chi connectivity index (χ2n) is 6.47. The molecule has 20 heavy (non-hydrogen) atoms. The van der Waals surface area contributed by atoms with Crippen molar-refractivity contribution in [2.24, 2.45) is 16.3 Å². The van der Waals surface area contributed by atoms with Crippen LogP contribution in [0.2, 0.25) is 0 Å². The van der Waals surface area contributed by atoms with Crippen molar-refractivity contribution in [3.05, 3.63) is 0 Å². The molecule has 0 aromatic carbocycles. The molecular weight excluding hydrogens is 254 g/mol. The van der Waals surface area contributed by atoms with Crippen LogP contribution in [0.3, 0.4) is 0 Å². The molecule has 0 aromatic rings. The smallest absolute Gasteiger partial charge is 0.237 e. The molecule has 3 N–H and O–H groups in total. The number of piperidine rings is 1. The van der Waals surface area contributed by atoms with Crippen LogP contribution in [0.1, 0.15) is 65.2 Å². The highest BCUT2D eigenvalue weighted by atomic mass is 16.4. The van der Waals surface area contributed by atoms with Crippen molar-refractivity contribution in [2.75, 3.05) is 0 Å². The lowest BCUT2D eigenvalue weighted by atomic mass is 9.71. The fraction of sp³-hybridized carbons (Fsp3) is 0.867. The van der Waals surface area contributed by atoms with Crippen LogP contribution >= 0.6 is 0 Å². The summed E-state index contributed by atoms with van der Waals surface area (Å²) >= 11 is 0. The number of amides is 1. The molecule has 1 aliphatic carbocycles. The van der Waals surface area contributed by atoms with Crippen molar-refractivity contribution < 1.29 is 10.0 Å². The summed E-state index contributed by atoms with van der Waals surface area (Å²) in [6.45, 7) is 4.22. The van der Waals surface area contributed by atoms with Gasteiger partial charge in [-0.1, -0.05) is 24.4 Å². The molecular formula is C15H27N3O2. The number of nitrogens with two attached hydrogens (primary N) is 1. The quantitative estimate of drug-likeness (QED) is 0.353. The minimum absolute atomic E-state index is 0.0761. The van der Waals surface area contributed by atoms with Crippen LogP contribution in [0.4, 0.5) is 0 Å². The van der Waals surface area contributed by atoms with Crippen LogP contribution in [-0.2, 0) is 4.79 Å². The zero-order valence-electron chi connectivity index (χ0n) is 12.6. The van der Waals surface area contributed by atoms with Gasteiger partial charge in [-0.2, -0.15) is 0 Å². The Balaban J connectivity index is 2.30. The Bertz CT molecular complexity index is 379. The van der Waals surface area contributed by atoms with E-state index in [0.29, 0.717) is 12.8 Å². The molecule has 1 aliphatic heterocycles. The van der Waals surface area contributed by atoms with Crippen LogP contribution < -0.4 is 5.73 Å². The summed E-state index contributed by atoms with van der Waals surface area (Å²) in [5.41, 5.74) is 5.16. The molecule has 2 atom stereocenters. The molecule has 2 fully saturated rings. The van der Waals surface area contributed by atoms with Gasteiger partial charge in [0.15, 0.2) is 5.84 Å². The van der Waals surface area contributed by atoms with E-state index >= 15 is 0 Å². The van der Waals surface area contributed by atoms with Crippen LogP contribution in [-0.4, -0.2) is 33.9 Å². The molecule has 2 aliphatic rings. The summed E-state index contributed by atoms with van der Waals surface area (Å²) < 4.78 is 0. The Kier molecular flexibility index (Phi) is 4.55. The van der Waals surface area contributed by atoms with Gasteiger partial charge in [0.05, 0.1) is 0 Å². The second kappa shape index (κ2) is 6.02. The maximum Gasteiger partial charge on any atom is 0.237 e. The Morgan fingerprint density at radius 2 is 1.70 bits per heavy atom. The van der Waals surface area contributed by atoms with Crippen LogP contribution in [0.25, 0.3) is 0 Å². The van der Waals surface area contributed by atoms with E-state index in [1.54, 1.807) is 0 Å². The van der Waals surface area contributed by atoms with Gasteiger partial charge >= 0.3 is 0 Å². The summed E-state index contributed by atoms with van der Waals surface area (Å²) in [4.78, 5) is 15.1. The summed E-state index contributed by atoms with van der Waals surface area (Å²) in [5.74, 6) is 0.180. The first kappa shape index (κ1) is 15.1. The average molecular weight is 281 g/mol. The highest BCUT2D eigenvalue weighted by Gasteiger charge is 2.48. The number of nitrogens with zero attached hydrogens (tertiary/aromatic N) is 2. The standard InChI is InChI=1S/C15H27N3O2/c1-11-7-6-8-12(2)18(11)14(19)15(13(16)17-20)9-4-3-5-10-15/h11-12,20H,3-10H2,1-2H3,(H2,16,17)/t11-,12+. The van der Waals surface area contributed by atoms with Crippen LogP contribution in [0, 0.1) is 5.41 Å². The summed E-state index contributed by atoms with van der Waals surface area (Å²) in [6.07, 6.45) is 7.73. The first-order valence-corrected chi connectivity index (χ1v) is 7.83. The zero-order valence-corrected chi connectivity index (χ0v) is 12.6. The third-order valence-corrected chi connectivity index (χ3v) is 5.14. The van der Waals surface area contributed by atoms with Gasteiger partial charge in [-0.15, -0.1) is 0 Å². The number of oxime groups is 1. The fourth-order valence-electron chi connectivity index (χ4n) is 3.90. The first-order valence-electron chi connectivity index (χ1n) is 7.83. The first-order chi connectivity index (χ1) is 9.53. The molecule has 0 spiro atoms. The molecule has 1 saturated heterocycles. The van der Waals surface area contributed by atoms with E-state index in [1.807, 2.05) is 4.90 Å². The molecule has 0 radical (unpaired) electrons. The van der Waals surface area contributed by atoms with E-state index in [4.69, 9.17) is 10.9 Å². The number of likely N-dealkylation sites (tertiary alicyclic amines) is 1. The van der Waals surface area contributed by atoms with E-state index in [2.05, 4.69) is 19.0 Å². The molecule has 1 amide bonds. The van der Waals surface area contributed by atoms with Crippen molar-refractivity contribution in [1.29, 1.82) is 0 Å². The number of hydrogen-bond acceptors (Lipinski definition) is 3. The Morgan fingerprint density at radius 1 is 1.15 bits per heavy atom. The maximum absolute atomic E-state index is 13.2. The van der Waals surface area contributed by atoms with Gasteiger partial charge in [0, 0.05) is 12.1 Å². The lowest BCUT2D eigenvalue weighted by Crippen LogP contribution is -2.58. The Morgan fingerprint density at radius 3 is 2.20 bits per heavy atom. The molecule has 5 heteroatoms. The number of carbonyl (C=O) groups is 1. The van der Waals surface area contributed by atoms with E-state index in [9.17, 15) is 4.79 Å². The Hall–Kier alpha value is -1.26. The van der Waals surface area contributed by atoms with E-state index in [1.165, 1.54) is 6.42 Å². The average Bonchev–Trinajstić information content (AvgIpc) is 2.46. The van der Waals surface area contributed by atoms with Gasteiger partial charge in [0.25, 0.3) is 0 Å². The molecule has 5 nitrogen and oxygen atoms in total. The van der Waals surface area contributed by atoms with Crippen molar-refractivity contribution >= 4 is 11.7 Å². The highest BCUT2D eigenvalue weighted by molar-refractivity contribution is 6.07. The van der Waals surface area contributed by atoms with Crippen molar-refractivity contribution in [3.63, 3.8) is 0 Å². The van der Waals surface area contributed by atoms with Crippen LogP contribution in [0.15, 0.2) is 5.16 Å². The Labute approximate surface area is 121 Å². The maximum atomic E-state index is 13.2. The van der Waals surface area contributed by atoms with Gasteiger partial charge in [0.1, 0.15) is 5.41 Å². The van der Waals surface area contributed by atoms with E-state index in [0.717, 1.165) is 32.1 Å². The number of rotatable bonds is 2. The molecule has 1 saturated carbocycles. The second-order valence-corrected chi connectivity index (χ2v) is 6.47. The van der Waals surface area contributed by atoms with Gasteiger partial charge < -0.3 is 15.8 Å². The molecule has 1 heterocycles. The lowest BCUT2D eigenvalue weighted by molar-refractivity contribution is -0.146. The van der Waals surface area contributed by atoms with Crippen molar-refractivity contribution in [1.82, 2.24) is 4.90 Å². The topological polar surface area (TPSA) is 78.9 Å². The fourth-order valence-corrected chi connectivity index (χ4v) is 3.90. The zero-order chi connectivity index (χ0) is 14.8. The summed E-state index contributed by atoms with van der Waals surface area (Å²) in [5, 5.41) is 12.3. The number of carbonyl (C=O) groups excluding carboxylic acids is 1. The molecule has 0 unspecified atom stereocenters.